The molecule has 0 unspecified atom stereocenters. The van der Waals surface area contributed by atoms with Crippen LogP contribution < -0.4 is 10.9 Å². The van der Waals surface area contributed by atoms with Gasteiger partial charge in [-0.2, -0.15) is 5.10 Å². The van der Waals surface area contributed by atoms with E-state index in [1.807, 2.05) is 73.8 Å². The van der Waals surface area contributed by atoms with Crippen molar-refractivity contribution in [1.82, 2.24) is 29.1 Å². The van der Waals surface area contributed by atoms with E-state index in [9.17, 15) is 9.59 Å². The Balaban J connectivity index is 1.18. The lowest BCUT2D eigenvalue weighted by Gasteiger charge is -2.33. The van der Waals surface area contributed by atoms with Crippen LogP contribution in [0.2, 0.25) is 0 Å². The first-order chi connectivity index (χ1) is 20.0. The van der Waals surface area contributed by atoms with Crippen LogP contribution in [-0.4, -0.2) is 74.3 Å². The summed E-state index contributed by atoms with van der Waals surface area (Å²) >= 11 is 0. The highest BCUT2D eigenvalue weighted by Gasteiger charge is 2.18. The van der Waals surface area contributed by atoms with Gasteiger partial charge in [-0.3, -0.25) is 9.59 Å². The molecule has 210 valence electrons. The van der Waals surface area contributed by atoms with Crippen molar-refractivity contribution in [1.29, 1.82) is 0 Å². The summed E-state index contributed by atoms with van der Waals surface area (Å²) in [5.74, 6) is 0.706. The number of nitrogens with zero attached hydrogens (tertiary/aromatic N) is 6. The molecule has 1 amide bonds. The third-order valence-corrected chi connectivity index (χ3v) is 8.03. The van der Waals surface area contributed by atoms with Gasteiger partial charge in [-0.25, -0.2) is 9.67 Å². The molecule has 0 saturated carbocycles. The smallest absolute Gasteiger partial charge is 0.275 e. The Morgan fingerprint density at radius 3 is 2.37 bits per heavy atom. The molecular formula is C32H35N7O2. The van der Waals surface area contributed by atoms with Crippen LogP contribution in [0.1, 0.15) is 12.7 Å². The first kappa shape index (κ1) is 26.9. The molecule has 0 spiro atoms. The summed E-state index contributed by atoms with van der Waals surface area (Å²) in [6.45, 7) is 8.55. The van der Waals surface area contributed by atoms with Crippen LogP contribution >= 0.6 is 0 Å². The number of hydrogen-bond donors (Lipinski definition) is 1. The molecule has 0 radical (unpaired) electrons. The summed E-state index contributed by atoms with van der Waals surface area (Å²) in [5.41, 5.74) is 3.76. The van der Waals surface area contributed by atoms with Crippen molar-refractivity contribution >= 4 is 33.4 Å². The number of imidazole rings is 1. The number of aryl methyl sites for hydroxylation is 1. The Morgan fingerprint density at radius 2 is 1.61 bits per heavy atom. The normalized spacial score (nSPS) is 14.6. The molecule has 5 aromatic rings. The number of likely N-dealkylation sites (N-methyl/N-ethyl adjacent to an activating group) is 1. The van der Waals surface area contributed by atoms with Gasteiger partial charge in [-0.05, 0) is 30.8 Å². The summed E-state index contributed by atoms with van der Waals surface area (Å²) in [6.07, 6.45) is 0.874. The minimum atomic E-state index is -0.324. The lowest BCUT2D eigenvalue weighted by Crippen LogP contribution is -2.46. The minimum Gasteiger partial charge on any atom is -0.331 e. The molecule has 1 fully saturated rings. The van der Waals surface area contributed by atoms with Crippen molar-refractivity contribution in [2.75, 3.05) is 44.6 Å². The second-order valence-electron chi connectivity index (χ2n) is 10.6. The van der Waals surface area contributed by atoms with E-state index in [-0.39, 0.29) is 18.0 Å². The zero-order chi connectivity index (χ0) is 28.3. The fourth-order valence-corrected chi connectivity index (χ4v) is 5.63. The van der Waals surface area contributed by atoms with Crippen molar-refractivity contribution in [3.63, 3.8) is 0 Å². The summed E-state index contributed by atoms with van der Waals surface area (Å²) in [5, 5.41) is 8.84. The highest BCUT2D eigenvalue weighted by Crippen LogP contribution is 2.24. The molecule has 3 heterocycles. The SMILES string of the molecule is CCN1CCN(CCc2nc3cc(NC(=O)Cn4nc(-c5ccccc5)c5ccccc5c4=O)ccc3n2C)CC1. The Hall–Kier alpha value is -4.34. The van der Waals surface area contributed by atoms with Gasteiger partial charge in [0.15, 0.2) is 0 Å². The van der Waals surface area contributed by atoms with Crippen LogP contribution in [0.15, 0.2) is 77.6 Å². The van der Waals surface area contributed by atoms with Crippen LogP contribution in [0.4, 0.5) is 5.69 Å². The van der Waals surface area contributed by atoms with Gasteiger partial charge in [-0.15, -0.1) is 0 Å². The van der Waals surface area contributed by atoms with Crippen molar-refractivity contribution in [3.8, 4) is 11.3 Å². The fraction of sp³-hybridized carbons (Fsp3) is 0.312. The van der Waals surface area contributed by atoms with E-state index >= 15 is 0 Å². The molecule has 2 aromatic heterocycles. The zero-order valence-corrected chi connectivity index (χ0v) is 23.6. The van der Waals surface area contributed by atoms with E-state index in [0.717, 1.165) is 73.5 Å². The van der Waals surface area contributed by atoms with Crippen LogP contribution in [0.3, 0.4) is 0 Å². The summed E-state index contributed by atoms with van der Waals surface area (Å²) in [7, 11) is 2.04. The topological polar surface area (TPSA) is 88.3 Å². The number of carbonyl (C=O) groups is 1. The van der Waals surface area contributed by atoms with Gasteiger partial charge in [0.25, 0.3) is 5.56 Å². The number of carbonyl (C=O) groups excluding carboxylic acids is 1. The molecule has 0 bridgehead atoms. The molecule has 1 saturated heterocycles. The molecular weight excluding hydrogens is 514 g/mol. The van der Waals surface area contributed by atoms with Gasteiger partial charge in [0.1, 0.15) is 12.4 Å². The molecule has 0 atom stereocenters. The first-order valence-electron chi connectivity index (χ1n) is 14.3. The van der Waals surface area contributed by atoms with Gasteiger partial charge in [0, 0.05) is 62.8 Å². The van der Waals surface area contributed by atoms with E-state index in [1.165, 1.54) is 4.68 Å². The van der Waals surface area contributed by atoms with E-state index in [2.05, 4.69) is 31.7 Å². The van der Waals surface area contributed by atoms with Crippen molar-refractivity contribution in [3.05, 3.63) is 89.0 Å². The molecule has 3 aromatic carbocycles. The largest absolute Gasteiger partial charge is 0.331 e. The molecule has 9 heteroatoms. The number of benzene rings is 3. The van der Waals surface area contributed by atoms with Crippen LogP contribution in [-0.2, 0) is 24.8 Å². The second kappa shape index (κ2) is 11.6. The van der Waals surface area contributed by atoms with Gasteiger partial charge in [0.2, 0.25) is 5.91 Å². The fourth-order valence-electron chi connectivity index (χ4n) is 5.63. The summed E-state index contributed by atoms with van der Waals surface area (Å²) in [6, 6.07) is 22.8. The lowest BCUT2D eigenvalue weighted by molar-refractivity contribution is -0.117. The van der Waals surface area contributed by atoms with E-state index in [1.54, 1.807) is 6.07 Å². The number of anilines is 1. The summed E-state index contributed by atoms with van der Waals surface area (Å²) in [4.78, 5) is 36.2. The number of rotatable bonds is 8. The molecule has 1 aliphatic heterocycles. The number of piperazine rings is 1. The third kappa shape index (κ3) is 5.64. The number of nitrogens with one attached hydrogen (secondary N) is 1. The molecule has 1 N–H and O–H groups in total. The highest BCUT2D eigenvalue weighted by molar-refractivity contribution is 5.95. The van der Waals surface area contributed by atoms with E-state index in [0.29, 0.717) is 16.8 Å². The van der Waals surface area contributed by atoms with Crippen LogP contribution in [0.25, 0.3) is 33.1 Å². The van der Waals surface area contributed by atoms with Crippen molar-refractivity contribution in [2.24, 2.45) is 7.05 Å². The molecule has 41 heavy (non-hydrogen) atoms. The first-order valence-corrected chi connectivity index (χ1v) is 14.3. The molecule has 9 nitrogen and oxygen atoms in total. The molecule has 6 rings (SSSR count). The zero-order valence-electron chi connectivity index (χ0n) is 23.6. The van der Waals surface area contributed by atoms with Gasteiger partial charge in [-0.1, -0.05) is 55.5 Å². The average molecular weight is 550 g/mol. The predicted molar refractivity (Wildman–Crippen MR) is 163 cm³/mol. The quantitative estimate of drug-likeness (QED) is 0.317. The number of amides is 1. The van der Waals surface area contributed by atoms with Gasteiger partial charge < -0.3 is 19.7 Å². The molecule has 0 aliphatic carbocycles. The maximum atomic E-state index is 13.2. The number of fused-ring (bicyclic) bond motifs is 2. The summed E-state index contributed by atoms with van der Waals surface area (Å²) < 4.78 is 3.38. The van der Waals surface area contributed by atoms with Crippen molar-refractivity contribution < 1.29 is 4.79 Å². The standard InChI is InChI=1S/C32H35N7O2/c1-3-37-17-19-38(20-18-37)16-15-29-34-27-21-24(13-14-28(27)36(29)2)33-30(40)22-39-32(41)26-12-8-7-11-25(26)31(35-39)23-9-5-4-6-10-23/h4-14,21H,3,15-20,22H2,1-2H3,(H,33,40). The van der Waals surface area contributed by atoms with Gasteiger partial charge in [0.05, 0.1) is 22.1 Å². The Bertz CT molecular complexity index is 1750. The Labute approximate surface area is 239 Å². The monoisotopic (exact) mass is 549 g/mol. The maximum Gasteiger partial charge on any atom is 0.275 e. The number of hydrogen-bond acceptors (Lipinski definition) is 6. The lowest BCUT2D eigenvalue weighted by atomic mass is 10.1. The Morgan fingerprint density at radius 1 is 0.902 bits per heavy atom. The number of aromatic nitrogens is 4. The highest BCUT2D eigenvalue weighted by atomic mass is 16.2. The average Bonchev–Trinajstić information content (AvgIpc) is 3.32. The third-order valence-electron chi connectivity index (χ3n) is 8.03. The second-order valence-corrected chi connectivity index (χ2v) is 10.6. The minimum absolute atomic E-state index is 0.194. The van der Waals surface area contributed by atoms with E-state index in [4.69, 9.17) is 4.98 Å². The van der Waals surface area contributed by atoms with Crippen LogP contribution in [0, 0.1) is 0 Å². The Kier molecular flexibility index (Phi) is 7.63. The van der Waals surface area contributed by atoms with E-state index < -0.39 is 0 Å². The van der Waals surface area contributed by atoms with Crippen molar-refractivity contribution in [2.45, 2.75) is 19.9 Å². The van der Waals surface area contributed by atoms with Gasteiger partial charge >= 0.3 is 0 Å². The maximum absolute atomic E-state index is 13.2. The molecule has 1 aliphatic rings. The van der Waals surface area contributed by atoms with Crippen LogP contribution in [0.5, 0.6) is 0 Å². The predicted octanol–water partition coefficient (Wildman–Crippen LogP) is 3.77.